The molecular weight excluding hydrogens is 480 g/mol. The lowest BCUT2D eigenvalue weighted by molar-refractivity contribution is 0.0695. The van der Waals surface area contributed by atoms with Gasteiger partial charge in [0.2, 0.25) is 0 Å². The van der Waals surface area contributed by atoms with Crippen molar-refractivity contribution >= 4 is 11.9 Å². The Balaban J connectivity index is 1.55. The third-order valence-corrected chi connectivity index (χ3v) is 7.16. The summed E-state index contributed by atoms with van der Waals surface area (Å²) in [6.07, 6.45) is 4.04. The molecule has 5 rings (SSSR count). The Morgan fingerprint density at radius 1 is 1.00 bits per heavy atom. The van der Waals surface area contributed by atoms with Crippen molar-refractivity contribution in [3.8, 4) is 28.1 Å². The number of benzene rings is 3. The van der Waals surface area contributed by atoms with Crippen molar-refractivity contribution in [1.82, 2.24) is 9.78 Å². The lowest BCUT2D eigenvalue weighted by Gasteiger charge is -2.20. The van der Waals surface area contributed by atoms with Gasteiger partial charge in [-0.05, 0) is 92.1 Å². The molecule has 194 valence electrons. The van der Waals surface area contributed by atoms with Crippen molar-refractivity contribution in [2.45, 2.75) is 52.7 Å². The lowest BCUT2D eigenvalue weighted by Crippen LogP contribution is -2.12. The van der Waals surface area contributed by atoms with E-state index in [1.54, 1.807) is 19.1 Å². The van der Waals surface area contributed by atoms with Crippen LogP contribution in [-0.4, -0.2) is 31.9 Å². The Hall–Kier alpha value is -4.39. The SMILES string of the molecule is CCn1ccc(-c2ccc(OCc3c(-c4c(C(=O)O)ccc(C)c4C(=O)O)cccc3C3CC3)c(C)c2)n1. The van der Waals surface area contributed by atoms with Gasteiger partial charge in [0.1, 0.15) is 12.4 Å². The number of hydrogen-bond acceptors (Lipinski definition) is 4. The Kier molecular flexibility index (Phi) is 6.76. The highest BCUT2D eigenvalue weighted by atomic mass is 16.5. The molecule has 0 spiro atoms. The van der Waals surface area contributed by atoms with Gasteiger partial charge < -0.3 is 14.9 Å². The van der Waals surface area contributed by atoms with Gasteiger partial charge in [-0.1, -0.05) is 24.3 Å². The molecule has 1 heterocycles. The number of aromatic nitrogens is 2. The standard InChI is InChI=1S/C31H30N2O5/c1-4-33-15-14-26(32-33)21-11-13-27(19(3)16-21)38-17-25-22(20-9-10-20)6-5-7-23(25)29-24(30(34)35)12-8-18(2)28(29)31(36)37/h5-8,11-16,20H,4,9-10,17H2,1-3H3,(H,34,35)(H,36,37). The molecule has 2 N–H and O–H groups in total. The van der Waals surface area contributed by atoms with Gasteiger partial charge in [-0.15, -0.1) is 0 Å². The number of carboxylic acid groups (broad SMARTS) is 2. The van der Waals surface area contributed by atoms with Gasteiger partial charge in [0.25, 0.3) is 0 Å². The normalized spacial score (nSPS) is 12.9. The second-order valence-corrected chi connectivity index (χ2v) is 9.76. The summed E-state index contributed by atoms with van der Waals surface area (Å²) in [5, 5.41) is 24.6. The molecule has 1 aromatic heterocycles. The van der Waals surface area contributed by atoms with Crippen LogP contribution in [0.2, 0.25) is 0 Å². The molecule has 0 amide bonds. The number of rotatable bonds is 9. The van der Waals surface area contributed by atoms with E-state index in [4.69, 9.17) is 4.74 Å². The van der Waals surface area contributed by atoms with E-state index in [1.165, 1.54) is 6.07 Å². The molecule has 1 fully saturated rings. The van der Waals surface area contributed by atoms with Gasteiger partial charge in [0.05, 0.1) is 16.8 Å². The number of hydrogen-bond donors (Lipinski definition) is 2. The van der Waals surface area contributed by atoms with E-state index in [1.807, 2.05) is 61.1 Å². The smallest absolute Gasteiger partial charge is 0.336 e. The molecule has 7 nitrogen and oxygen atoms in total. The van der Waals surface area contributed by atoms with Gasteiger partial charge in [-0.2, -0.15) is 5.10 Å². The summed E-state index contributed by atoms with van der Waals surface area (Å²) >= 11 is 0. The van der Waals surface area contributed by atoms with Crippen LogP contribution in [0.5, 0.6) is 5.75 Å². The van der Waals surface area contributed by atoms with Gasteiger partial charge in [0.15, 0.2) is 0 Å². The highest BCUT2D eigenvalue weighted by molar-refractivity contribution is 6.06. The fourth-order valence-electron chi connectivity index (χ4n) is 5.03. The fraction of sp³-hybridized carbons (Fsp3) is 0.258. The average Bonchev–Trinajstić information content (AvgIpc) is 3.63. The molecule has 1 aliphatic carbocycles. The Bertz CT molecular complexity index is 1550. The van der Waals surface area contributed by atoms with Crippen LogP contribution >= 0.6 is 0 Å². The predicted molar refractivity (Wildman–Crippen MR) is 145 cm³/mol. The summed E-state index contributed by atoms with van der Waals surface area (Å²) in [6, 6.07) is 16.7. The largest absolute Gasteiger partial charge is 0.489 e. The molecule has 0 radical (unpaired) electrons. The number of aromatic carboxylic acids is 2. The quantitative estimate of drug-likeness (QED) is 0.260. The zero-order valence-electron chi connectivity index (χ0n) is 21.7. The first-order valence-corrected chi connectivity index (χ1v) is 12.8. The minimum atomic E-state index is -1.16. The van der Waals surface area contributed by atoms with E-state index in [9.17, 15) is 19.8 Å². The molecule has 4 aromatic rings. The van der Waals surface area contributed by atoms with Crippen LogP contribution in [0.3, 0.4) is 0 Å². The maximum atomic E-state index is 12.3. The van der Waals surface area contributed by atoms with Crippen molar-refractivity contribution in [2.75, 3.05) is 0 Å². The van der Waals surface area contributed by atoms with Crippen molar-refractivity contribution in [1.29, 1.82) is 0 Å². The molecule has 7 heteroatoms. The second kappa shape index (κ2) is 10.2. The van der Waals surface area contributed by atoms with Crippen molar-refractivity contribution < 1.29 is 24.5 Å². The lowest BCUT2D eigenvalue weighted by atomic mass is 9.86. The molecule has 0 bridgehead atoms. The minimum Gasteiger partial charge on any atom is -0.489 e. The maximum absolute atomic E-state index is 12.3. The topological polar surface area (TPSA) is 102 Å². The van der Waals surface area contributed by atoms with Crippen molar-refractivity contribution in [3.05, 3.63) is 94.2 Å². The Labute approximate surface area is 221 Å². The molecule has 3 aromatic carbocycles. The van der Waals surface area contributed by atoms with Crippen LogP contribution in [0.1, 0.15) is 68.7 Å². The van der Waals surface area contributed by atoms with E-state index in [0.717, 1.165) is 47.3 Å². The van der Waals surface area contributed by atoms with Crippen molar-refractivity contribution in [3.63, 3.8) is 0 Å². The van der Waals surface area contributed by atoms with E-state index < -0.39 is 11.9 Å². The Morgan fingerprint density at radius 3 is 2.42 bits per heavy atom. The summed E-state index contributed by atoms with van der Waals surface area (Å²) in [5.41, 5.74) is 6.05. The summed E-state index contributed by atoms with van der Waals surface area (Å²) in [4.78, 5) is 24.5. The first-order valence-electron chi connectivity index (χ1n) is 12.8. The van der Waals surface area contributed by atoms with Crippen LogP contribution in [-0.2, 0) is 13.2 Å². The van der Waals surface area contributed by atoms with Gasteiger partial charge in [0, 0.05) is 29.4 Å². The van der Waals surface area contributed by atoms with Crippen LogP contribution in [0.25, 0.3) is 22.4 Å². The number of ether oxygens (including phenoxy) is 1. The first-order chi connectivity index (χ1) is 18.3. The van der Waals surface area contributed by atoms with Gasteiger partial charge in [-0.25, -0.2) is 9.59 Å². The third kappa shape index (κ3) is 4.79. The predicted octanol–water partition coefficient (Wildman–Crippen LogP) is 6.71. The summed E-state index contributed by atoms with van der Waals surface area (Å²) in [6.45, 7) is 6.71. The van der Waals surface area contributed by atoms with E-state index in [-0.39, 0.29) is 23.3 Å². The molecule has 1 saturated carbocycles. The van der Waals surface area contributed by atoms with Crippen LogP contribution in [0.4, 0.5) is 0 Å². The molecule has 1 aliphatic rings. The zero-order chi connectivity index (χ0) is 27.0. The van der Waals surface area contributed by atoms with Gasteiger partial charge >= 0.3 is 11.9 Å². The van der Waals surface area contributed by atoms with E-state index in [2.05, 4.69) is 5.10 Å². The van der Waals surface area contributed by atoms with Crippen molar-refractivity contribution in [2.24, 2.45) is 0 Å². The Morgan fingerprint density at radius 2 is 1.79 bits per heavy atom. The molecular formula is C31H30N2O5. The number of carbonyl (C=O) groups is 2. The molecule has 0 atom stereocenters. The molecule has 38 heavy (non-hydrogen) atoms. The molecule has 0 aliphatic heterocycles. The fourth-order valence-corrected chi connectivity index (χ4v) is 5.03. The summed E-state index contributed by atoms with van der Waals surface area (Å²) < 4.78 is 8.21. The molecule has 0 unspecified atom stereocenters. The maximum Gasteiger partial charge on any atom is 0.336 e. The van der Waals surface area contributed by atoms with E-state index >= 15 is 0 Å². The summed E-state index contributed by atoms with van der Waals surface area (Å²) in [5.74, 6) is -1.25. The zero-order valence-corrected chi connectivity index (χ0v) is 21.7. The second-order valence-electron chi connectivity index (χ2n) is 9.76. The molecule has 0 saturated heterocycles. The number of nitrogens with zero attached hydrogens (tertiary/aromatic N) is 2. The third-order valence-electron chi connectivity index (χ3n) is 7.16. The highest BCUT2D eigenvalue weighted by Crippen LogP contribution is 2.45. The summed E-state index contributed by atoms with van der Waals surface area (Å²) in [7, 11) is 0. The highest BCUT2D eigenvalue weighted by Gasteiger charge is 2.30. The van der Waals surface area contributed by atoms with Crippen LogP contribution in [0, 0.1) is 13.8 Å². The number of aryl methyl sites for hydroxylation is 3. The van der Waals surface area contributed by atoms with Crippen LogP contribution in [0.15, 0.2) is 60.8 Å². The number of carboxylic acids is 2. The minimum absolute atomic E-state index is 0.00569. The van der Waals surface area contributed by atoms with E-state index in [0.29, 0.717) is 22.8 Å². The average molecular weight is 511 g/mol. The first kappa shape index (κ1) is 25.3. The van der Waals surface area contributed by atoms with Crippen LogP contribution < -0.4 is 4.74 Å². The monoisotopic (exact) mass is 510 g/mol. The van der Waals surface area contributed by atoms with Gasteiger partial charge in [-0.3, -0.25) is 4.68 Å².